The highest BCUT2D eigenvalue weighted by Gasteiger charge is 2.25. The number of carbonyl (C=O) groups excluding carboxylic acids is 1. The molecule has 5 nitrogen and oxygen atoms in total. The number of nitrogens with zero attached hydrogens (tertiary/aromatic N) is 2. The predicted molar refractivity (Wildman–Crippen MR) is 126 cm³/mol. The summed E-state index contributed by atoms with van der Waals surface area (Å²) in [6.45, 7) is 4.36. The van der Waals surface area contributed by atoms with Gasteiger partial charge in [-0.25, -0.2) is 4.98 Å². The van der Waals surface area contributed by atoms with Gasteiger partial charge in [0.05, 0.1) is 20.8 Å². The van der Waals surface area contributed by atoms with Crippen molar-refractivity contribution in [2.45, 2.75) is 20.4 Å². The minimum absolute atomic E-state index is 0.0814. The predicted octanol–water partition coefficient (Wildman–Crippen LogP) is 5.78. The Bertz CT molecular complexity index is 1190. The molecule has 1 aromatic heterocycles. The van der Waals surface area contributed by atoms with E-state index in [0.29, 0.717) is 34.3 Å². The summed E-state index contributed by atoms with van der Waals surface area (Å²) >= 11 is 1.43. The van der Waals surface area contributed by atoms with Gasteiger partial charge in [-0.3, -0.25) is 9.69 Å². The summed E-state index contributed by atoms with van der Waals surface area (Å²) < 4.78 is 11.9. The highest BCUT2D eigenvalue weighted by Crippen LogP contribution is 2.40. The first-order valence-corrected chi connectivity index (χ1v) is 10.8. The molecule has 0 unspecified atom stereocenters. The van der Waals surface area contributed by atoms with Gasteiger partial charge >= 0.3 is 0 Å². The van der Waals surface area contributed by atoms with E-state index < -0.39 is 0 Å². The molecule has 0 fully saturated rings. The van der Waals surface area contributed by atoms with E-state index in [9.17, 15) is 4.79 Å². The second-order valence-corrected chi connectivity index (χ2v) is 8.32. The summed E-state index contributed by atoms with van der Waals surface area (Å²) in [5, 5.41) is 0.604. The van der Waals surface area contributed by atoms with Crippen molar-refractivity contribution < 1.29 is 14.3 Å². The van der Waals surface area contributed by atoms with Crippen molar-refractivity contribution in [3.8, 4) is 11.5 Å². The van der Waals surface area contributed by atoms with Crippen LogP contribution in [0.3, 0.4) is 0 Å². The minimum Gasteiger partial charge on any atom is -0.495 e. The van der Waals surface area contributed by atoms with Gasteiger partial charge in [-0.1, -0.05) is 59.4 Å². The molecule has 0 aliphatic carbocycles. The maximum atomic E-state index is 13.7. The van der Waals surface area contributed by atoms with E-state index in [1.54, 1.807) is 19.1 Å². The lowest BCUT2D eigenvalue weighted by Gasteiger charge is -2.21. The molecule has 31 heavy (non-hydrogen) atoms. The number of hydrogen-bond acceptors (Lipinski definition) is 5. The van der Waals surface area contributed by atoms with Crippen molar-refractivity contribution >= 4 is 32.6 Å². The number of carbonyl (C=O) groups is 1. The van der Waals surface area contributed by atoms with Crippen LogP contribution in [0.1, 0.15) is 27.0 Å². The molecule has 0 aliphatic heterocycles. The van der Waals surface area contributed by atoms with E-state index in [1.165, 1.54) is 11.3 Å². The molecule has 0 atom stereocenters. The van der Waals surface area contributed by atoms with Crippen LogP contribution < -0.4 is 14.4 Å². The molecule has 1 amide bonds. The third-order valence-electron chi connectivity index (χ3n) is 5.18. The maximum Gasteiger partial charge on any atom is 0.260 e. The van der Waals surface area contributed by atoms with Crippen molar-refractivity contribution in [1.29, 1.82) is 0 Å². The minimum atomic E-state index is -0.0814. The maximum absolute atomic E-state index is 13.7. The number of hydrogen-bond donors (Lipinski definition) is 0. The highest BCUT2D eigenvalue weighted by molar-refractivity contribution is 7.22. The number of ether oxygens (including phenoxy) is 2. The van der Waals surface area contributed by atoms with Gasteiger partial charge in [-0.2, -0.15) is 0 Å². The smallest absolute Gasteiger partial charge is 0.260 e. The number of aryl methyl sites for hydroxylation is 2. The zero-order chi connectivity index (χ0) is 22.0. The number of rotatable bonds is 6. The van der Waals surface area contributed by atoms with Gasteiger partial charge in [0.1, 0.15) is 21.7 Å². The highest BCUT2D eigenvalue weighted by atomic mass is 32.1. The van der Waals surface area contributed by atoms with E-state index in [0.717, 1.165) is 21.4 Å². The van der Waals surface area contributed by atoms with E-state index in [2.05, 4.69) is 0 Å². The lowest BCUT2D eigenvalue weighted by Crippen LogP contribution is -2.31. The molecule has 0 radical (unpaired) electrons. The van der Waals surface area contributed by atoms with Gasteiger partial charge in [0.25, 0.3) is 5.91 Å². The van der Waals surface area contributed by atoms with Gasteiger partial charge in [0.2, 0.25) is 0 Å². The molecule has 0 aliphatic rings. The van der Waals surface area contributed by atoms with Gasteiger partial charge in [-0.15, -0.1) is 0 Å². The van der Waals surface area contributed by atoms with Gasteiger partial charge in [-0.05, 0) is 43.2 Å². The number of methoxy groups -OCH3 is 2. The normalized spacial score (nSPS) is 10.8. The van der Waals surface area contributed by atoms with Crippen LogP contribution >= 0.6 is 11.3 Å². The Kier molecular flexibility index (Phi) is 5.91. The van der Waals surface area contributed by atoms with Crippen molar-refractivity contribution in [2.24, 2.45) is 0 Å². The lowest BCUT2D eigenvalue weighted by molar-refractivity contribution is 0.0984. The van der Waals surface area contributed by atoms with Crippen LogP contribution in [-0.4, -0.2) is 25.1 Å². The Balaban J connectivity index is 1.86. The second kappa shape index (κ2) is 8.78. The molecule has 158 valence electrons. The van der Waals surface area contributed by atoms with E-state index >= 15 is 0 Å². The summed E-state index contributed by atoms with van der Waals surface area (Å²) in [6.07, 6.45) is 0. The number of thiazole rings is 1. The van der Waals surface area contributed by atoms with Crippen LogP contribution in [0.5, 0.6) is 11.5 Å². The molecular weight excluding hydrogens is 408 g/mol. The number of fused-ring (bicyclic) bond motifs is 1. The number of amides is 1. The van der Waals surface area contributed by atoms with Crippen LogP contribution in [0.25, 0.3) is 10.2 Å². The quantitative estimate of drug-likeness (QED) is 0.388. The molecule has 4 aromatic rings. The molecule has 3 aromatic carbocycles. The number of aromatic nitrogens is 1. The van der Waals surface area contributed by atoms with Crippen LogP contribution in [-0.2, 0) is 6.54 Å². The Labute approximate surface area is 185 Å². The standard InChI is InChI=1S/C25H24N2O3S/c1-16-10-11-17(2)19(14-16)24(28)27(15-18-8-6-5-7-9-18)25-26-22-20(29-3)12-13-21(30-4)23(22)31-25/h5-14H,15H2,1-4H3. The Morgan fingerprint density at radius 3 is 2.39 bits per heavy atom. The Hall–Kier alpha value is -3.38. The Morgan fingerprint density at radius 1 is 0.968 bits per heavy atom. The molecule has 1 heterocycles. The van der Waals surface area contributed by atoms with Crippen LogP contribution in [0.2, 0.25) is 0 Å². The SMILES string of the molecule is COc1ccc(OC)c2sc(N(Cc3ccccc3)C(=O)c3cc(C)ccc3C)nc12. The molecule has 0 bridgehead atoms. The largest absolute Gasteiger partial charge is 0.495 e. The molecular formula is C25H24N2O3S. The fourth-order valence-corrected chi connectivity index (χ4v) is 4.57. The summed E-state index contributed by atoms with van der Waals surface area (Å²) in [6, 6.07) is 19.6. The first-order chi connectivity index (χ1) is 15.0. The summed E-state index contributed by atoms with van der Waals surface area (Å²) in [4.78, 5) is 20.3. The third-order valence-corrected chi connectivity index (χ3v) is 6.27. The monoisotopic (exact) mass is 432 g/mol. The van der Waals surface area contributed by atoms with E-state index in [1.807, 2.05) is 74.5 Å². The molecule has 0 saturated carbocycles. The van der Waals surface area contributed by atoms with Gasteiger partial charge in [0, 0.05) is 5.56 Å². The summed E-state index contributed by atoms with van der Waals surface area (Å²) in [5.41, 5.74) is 4.37. The average Bonchev–Trinajstić information content (AvgIpc) is 3.24. The zero-order valence-electron chi connectivity index (χ0n) is 18.0. The van der Waals surface area contributed by atoms with Crippen molar-refractivity contribution in [2.75, 3.05) is 19.1 Å². The lowest BCUT2D eigenvalue weighted by atomic mass is 10.0. The third kappa shape index (κ3) is 4.11. The molecule has 6 heteroatoms. The van der Waals surface area contributed by atoms with Crippen LogP contribution in [0, 0.1) is 13.8 Å². The fraction of sp³-hybridized carbons (Fsp3) is 0.200. The second-order valence-electron chi connectivity index (χ2n) is 7.34. The van der Waals surface area contributed by atoms with Crippen molar-refractivity contribution in [3.63, 3.8) is 0 Å². The van der Waals surface area contributed by atoms with Crippen molar-refractivity contribution in [1.82, 2.24) is 4.98 Å². The summed E-state index contributed by atoms with van der Waals surface area (Å²) in [5.74, 6) is 1.28. The van der Waals surface area contributed by atoms with Gasteiger partial charge in [0.15, 0.2) is 5.13 Å². The van der Waals surface area contributed by atoms with Crippen molar-refractivity contribution in [3.05, 3.63) is 82.9 Å². The van der Waals surface area contributed by atoms with Crippen LogP contribution in [0.4, 0.5) is 5.13 Å². The van der Waals surface area contributed by atoms with E-state index in [4.69, 9.17) is 14.5 Å². The van der Waals surface area contributed by atoms with Crippen LogP contribution in [0.15, 0.2) is 60.7 Å². The fourth-order valence-electron chi connectivity index (χ4n) is 3.49. The number of anilines is 1. The zero-order valence-corrected chi connectivity index (χ0v) is 18.8. The van der Waals surface area contributed by atoms with E-state index in [-0.39, 0.29) is 5.91 Å². The first-order valence-electron chi connectivity index (χ1n) is 9.96. The Morgan fingerprint density at radius 2 is 1.68 bits per heavy atom. The van der Waals surface area contributed by atoms with Gasteiger partial charge < -0.3 is 9.47 Å². The molecule has 0 spiro atoms. The number of benzene rings is 3. The topological polar surface area (TPSA) is 51.7 Å². The molecule has 0 saturated heterocycles. The molecule has 0 N–H and O–H groups in total. The average molecular weight is 433 g/mol. The first kappa shape index (κ1) is 20.9. The summed E-state index contributed by atoms with van der Waals surface area (Å²) in [7, 11) is 3.24. The molecule has 4 rings (SSSR count).